The molecular formula is C21H28FN4O9P. The van der Waals surface area contributed by atoms with Crippen LogP contribution in [-0.2, 0) is 23.4 Å². The van der Waals surface area contributed by atoms with Gasteiger partial charge in [-0.2, -0.15) is 10.1 Å². The number of para-hydroxylation sites is 1. The summed E-state index contributed by atoms with van der Waals surface area (Å²) in [6.45, 7) is 4.08. The summed E-state index contributed by atoms with van der Waals surface area (Å²) in [7, 11) is -4.29. The molecule has 1 aliphatic rings. The molecule has 15 heteroatoms. The van der Waals surface area contributed by atoms with Gasteiger partial charge in [-0.3, -0.25) is 13.9 Å². The van der Waals surface area contributed by atoms with E-state index in [-0.39, 0.29) is 5.75 Å². The molecule has 1 aromatic carbocycles. The van der Waals surface area contributed by atoms with E-state index >= 15 is 0 Å². The number of esters is 1. The topological polar surface area (TPSA) is 184 Å². The molecule has 36 heavy (non-hydrogen) atoms. The van der Waals surface area contributed by atoms with Gasteiger partial charge in [-0.15, -0.1) is 0 Å². The molecule has 0 saturated carbocycles. The minimum absolute atomic E-state index is 0.151. The van der Waals surface area contributed by atoms with Crippen molar-refractivity contribution in [3.8, 4) is 5.75 Å². The number of aliphatic hydroxyl groups excluding tert-OH is 2. The molecule has 198 valence electrons. The molecule has 2 aromatic rings. The third-order valence-electron chi connectivity index (χ3n) is 4.98. The largest absolute Gasteiger partial charge is 0.462 e. The second kappa shape index (κ2) is 11.5. The van der Waals surface area contributed by atoms with Crippen molar-refractivity contribution < 1.29 is 42.5 Å². The average Bonchev–Trinajstić information content (AvgIpc) is 3.08. The molecule has 13 nitrogen and oxygen atoms in total. The number of aliphatic hydroxyl groups is 2. The number of ether oxygens (including phenoxy) is 2. The van der Waals surface area contributed by atoms with Crippen LogP contribution in [0.25, 0.3) is 0 Å². The van der Waals surface area contributed by atoms with E-state index in [9.17, 15) is 28.8 Å². The highest BCUT2D eigenvalue weighted by atomic mass is 31.2. The minimum Gasteiger partial charge on any atom is -0.462 e. The zero-order chi connectivity index (χ0) is 26.6. The maximum Gasteiger partial charge on any atom is 0.459 e. The van der Waals surface area contributed by atoms with Gasteiger partial charge in [-0.1, -0.05) is 18.2 Å². The maximum absolute atomic E-state index is 13.8. The van der Waals surface area contributed by atoms with E-state index in [0.29, 0.717) is 10.8 Å². The maximum atomic E-state index is 13.8. The van der Waals surface area contributed by atoms with E-state index in [1.54, 1.807) is 32.0 Å². The Balaban J connectivity index is 1.77. The highest BCUT2D eigenvalue weighted by Crippen LogP contribution is 2.46. The van der Waals surface area contributed by atoms with Crippen molar-refractivity contribution in [3.05, 3.63) is 52.8 Å². The number of hydrogen-bond acceptors (Lipinski definition) is 11. The van der Waals surface area contributed by atoms with Crippen LogP contribution in [0.15, 0.2) is 41.3 Å². The first kappa shape index (κ1) is 27.7. The zero-order valence-electron chi connectivity index (χ0n) is 19.7. The molecule has 0 radical (unpaired) electrons. The number of nitrogen functional groups attached to an aromatic ring is 1. The van der Waals surface area contributed by atoms with Crippen molar-refractivity contribution in [2.45, 2.75) is 57.5 Å². The van der Waals surface area contributed by atoms with E-state index in [4.69, 9.17) is 24.3 Å². The average molecular weight is 530 g/mol. The molecule has 5 N–H and O–H groups in total. The minimum atomic E-state index is -4.29. The molecule has 1 unspecified atom stereocenters. The number of hydrogen-bond donors (Lipinski definition) is 4. The smallest absolute Gasteiger partial charge is 0.459 e. The predicted molar refractivity (Wildman–Crippen MR) is 123 cm³/mol. The Morgan fingerprint density at radius 1 is 1.28 bits per heavy atom. The Hall–Kier alpha value is -2.87. The van der Waals surface area contributed by atoms with Crippen molar-refractivity contribution in [1.82, 2.24) is 14.6 Å². The summed E-state index contributed by atoms with van der Waals surface area (Å²) in [5.74, 6) is -2.24. The standard InChI is InChI=1S/C21H28FN4O9P/c1-11(2)33-20(29)12(3)25-36(31,35-13-7-5-4-6-8-13)32-10-15-16(27)17(28)19(34-15)26-9-14(22)18(23)24-21(26)30/h4-9,11-12,15-17,19,27-28H,10H2,1-3H3,(H,25,31)(H2,23,24,30)/t12-,15+,16+,17+,19+,36?/m0/s1. The number of aromatic nitrogens is 2. The van der Waals surface area contributed by atoms with Crippen LogP contribution < -0.4 is 21.0 Å². The van der Waals surface area contributed by atoms with Crippen LogP contribution in [0.3, 0.4) is 0 Å². The molecule has 0 spiro atoms. The number of halogens is 1. The summed E-state index contributed by atoms with van der Waals surface area (Å²) in [4.78, 5) is 27.6. The Kier molecular flexibility index (Phi) is 8.82. The normalized spacial score (nSPS) is 24.3. The van der Waals surface area contributed by atoms with Crippen LogP contribution in [0.2, 0.25) is 0 Å². The number of benzene rings is 1. The number of carbonyl (C=O) groups excluding carboxylic acids is 1. The summed E-state index contributed by atoms with van der Waals surface area (Å²) in [6, 6.07) is 6.85. The van der Waals surface area contributed by atoms with Crippen LogP contribution in [0.1, 0.15) is 27.0 Å². The van der Waals surface area contributed by atoms with Gasteiger partial charge >= 0.3 is 19.4 Å². The molecule has 1 saturated heterocycles. The zero-order valence-corrected chi connectivity index (χ0v) is 20.6. The quantitative estimate of drug-likeness (QED) is 0.250. The van der Waals surface area contributed by atoms with Gasteiger partial charge in [-0.25, -0.2) is 13.8 Å². The Bertz CT molecular complexity index is 1170. The molecule has 0 aliphatic carbocycles. The SMILES string of the molecule is CC(C)OC(=O)[C@H](C)NP(=O)(OC[C@H]1O[C@@H](n2cc(F)c(N)nc2=O)[C@H](O)[C@@H]1O)Oc1ccccc1. The van der Waals surface area contributed by atoms with E-state index < -0.39 is 74.3 Å². The molecular weight excluding hydrogens is 502 g/mol. The molecule has 0 amide bonds. The van der Waals surface area contributed by atoms with E-state index in [1.165, 1.54) is 19.1 Å². The molecule has 6 atom stereocenters. The fraction of sp³-hybridized carbons (Fsp3) is 0.476. The van der Waals surface area contributed by atoms with Gasteiger partial charge in [0.15, 0.2) is 17.9 Å². The van der Waals surface area contributed by atoms with E-state index in [2.05, 4.69) is 10.1 Å². The third-order valence-corrected chi connectivity index (χ3v) is 6.62. The highest BCUT2D eigenvalue weighted by Gasteiger charge is 2.46. The molecule has 1 aliphatic heterocycles. The highest BCUT2D eigenvalue weighted by molar-refractivity contribution is 7.52. The number of anilines is 1. The monoisotopic (exact) mass is 530 g/mol. The molecule has 3 rings (SSSR count). The van der Waals surface area contributed by atoms with Crippen LogP contribution in [0, 0.1) is 5.82 Å². The summed E-state index contributed by atoms with van der Waals surface area (Å²) in [5, 5.41) is 23.3. The fourth-order valence-electron chi connectivity index (χ4n) is 3.24. The number of rotatable bonds is 10. The first-order chi connectivity index (χ1) is 16.9. The molecule has 2 heterocycles. The second-order valence-corrected chi connectivity index (χ2v) is 9.94. The summed E-state index contributed by atoms with van der Waals surface area (Å²) < 4.78 is 49.5. The summed E-state index contributed by atoms with van der Waals surface area (Å²) in [6.07, 6.45) is -5.93. The Morgan fingerprint density at radius 2 is 1.94 bits per heavy atom. The van der Waals surface area contributed by atoms with Gasteiger partial charge in [0, 0.05) is 0 Å². The summed E-state index contributed by atoms with van der Waals surface area (Å²) >= 11 is 0. The lowest BCUT2D eigenvalue weighted by Gasteiger charge is -2.25. The van der Waals surface area contributed by atoms with Crippen LogP contribution in [-0.4, -0.2) is 62.8 Å². The lowest BCUT2D eigenvalue weighted by atomic mass is 10.1. The Labute approximate surface area is 205 Å². The van der Waals surface area contributed by atoms with Gasteiger partial charge in [0.2, 0.25) is 0 Å². The number of carbonyl (C=O) groups is 1. The van der Waals surface area contributed by atoms with E-state index in [1.807, 2.05) is 0 Å². The van der Waals surface area contributed by atoms with Gasteiger partial charge in [0.05, 0.1) is 18.9 Å². The summed E-state index contributed by atoms with van der Waals surface area (Å²) in [5.41, 5.74) is 4.24. The molecule has 1 fully saturated rings. The van der Waals surface area contributed by atoms with Crippen LogP contribution in [0.5, 0.6) is 5.75 Å². The van der Waals surface area contributed by atoms with Gasteiger partial charge in [0.25, 0.3) is 0 Å². The Morgan fingerprint density at radius 3 is 2.58 bits per heavy atom. The van der Waals surface area contributed by atoms with E-state index in [0.717, 1.165) is 0 Å². The van der Waals surface area contributed by atoms with Crippen molar-refractivity contribution in [2.75, 3.05) is 12.3 Å². The van der Waals surface area contributed by atoms with Crippen LogP contribution >= 0.6 is 7.75 Å². The van der Waals surface area contributed by atoms with Crippen molar-refractivity contribution in [1.29, 1.82) is 0 Å². The lowest BCUT2D eigenvalue weighted by molar-refractivity contribution is -0.149. The van der Waals surface area contributed by atoms with Gasteiger partial charge in [0.1, 0.15) is 30.1 Å². The lowest BCUT2D eigenvalue weighted by Crippen LogP contribution is -2.38. The number of nitrogens with zero attached hydrogens (tertiary/aromatic N) is 2. The van der Waals surface area contributed by atoms with Crippen molar-refractivity contribution in [3.63, 3.8) is 0 Å². The molecule has 0 bridgehead atoms. The first-order valence-corrected chi connectivity index (χ1v) is 12.5. The first-order valence-electron chi connectivity index (χ1n) is 10.9. The van der Waals surface area contributed by atoms with Gasteiger partial charge in [-0.05, 0) is 32.9 Å². The van der Waals surface area contributed by atoms with Gasteiger partial charge < -0.3 is 29.9 Å². The number of nitrogens with one attached hydrogen (secondary N) is 1. The second-order valence-electron chi connectivity index (χ2n) is 8.24. The number of nitrogens with two attached hydrogens (primary N) is 1. The predicted octanol–water partition coefficient (Wildman–Crippen LogP) is 0.717. The third kappa shape index (κ3) is 6.66. The van der Waals surface area contributed by atoms with Crippen LogP contribution in [0.4, 0.5) is 10.2 Å². The molecule has 1 aromatic heterocycles. The van der Waals surface area contributed by atoms with Crippen molar-refractivity contribution in [2.24, 2.45) is 0 Å². The fourth-order valence-corrected chi connectivity index (χ4v) is 4.74. The van der Waals surface area contributed by atoms with Crippen molar-refractivity contribution >= 4 is 19.5 Å².